The molecule has 2 aromatic rings. The minimum Gasteiger partial charge on any atom is -0.291 e. The molecule has 0 N–H and O–H groups in total. The van der Waals surface area contributed by atoms with E-state index >= 15 is 0 Å². The lowest BCUT2D eigenvalue weighted by Gasteiger charge is -2.12. The quantitative estimate of drug-likeness (QED) is 0.771. The number of benzene rings is 1. The van der Waals surface area contributed by atoms with Gasteiger partial charge in [0, 0.05) is 6.20 Å². The van der Waals surface area contributed by atoms with Crippen molar-refractivity contribution < 1.29 is 4.79 Å². The second-order valence-corrected chi connectivity index (χ2v) is 4.55. The van der Waals surface area contributed by atoms with E-state index < -0.39 is 0 Å². The van der Waals surface area contributed by atoms with Crippen LogP contribution in [0.2, 0.25) is 0 Å². The van der Waals surface area contributed by atoms with E-state index in [-0.39, 0.29) is 11.0 Å². The van der Waals surface area contributed by atoms with Crippen molar-refractivity contribution in [3.8, 4) is 0 Å². The highest BCUT2D eigenvalue weighted by atomic mass is 32.2. The zero-order chi connectivity index (χ0) is 12.1. The summed E-state index contributed by atoms with van der Waals surface area (Å²) in [5.74, 6) is 0.0595. The van der Waals surface area contributed by atoms with Crippen LogP contribution < -0.4 is 0 Å². The van der Waals surface area contributed by atoms with Crippen molar-refractivity contribution in [3.63, 3.8) is 0 Å². The fraction of sp³-hybridized carbons (Fsp3) is 0.143. The molecule has 1 unspecified atom stereocenters. The second kappa shape index (κ2) is 5.64. The van der Waals surface area contributed by atoms with E-state index in [4.69, 9.17) is 0 Å². The third-order valence-corrected chi connectivity index (χ3v) is 3.45. The maximum Gasteiger partial charge on any atom is 0.198 e. The van der Waals surface area contributed by atoms with Gasteiger partial charge in [0.15, 0.2) is 5.78 Å². The number of pyridine rings is 1. The van der Waals surface area contributed by atoms with Crippen LogP contribution in [-0.4, -0.2) is 17.0 Å². The number of carbonyl (C=O) groups is 1. The number of hydrogen-bond acceptors (Lipinski definition) is 3. The molecule has 0 saturated carbocycles. The zero-order valence-electron chi connectivity index (χ0n) is 9.54. The summed E-state index contributed by atoms with van der Waals surface area (Å²) >= 11 is 1.54. The van der Waals surface area contributed by atoms with Gasteiger partial charge in [0.25, 0.3) is 0 Å². The van der Waals surface area contributed by atoms with E-state index in [2.05, 4.69) is 4.98 Å². The summed E-state index contributed by atoms with van der Waals surface area (Å²) in [6.07, 6.45) is 3.59. The van der Waals surface area contributed by atoms with E-state index in [0.29, 0.717) is 5.69 Å². The summed E-state index contributed by atoms with van der Waals surface area (Å²) in [5, 5.41) is -0.175. The van der Waals surface area contributed by atoms with Crippen molar-refractivity contribution in [2.75, 3.05) is 6.26 Å². The predicted molar refractivity (Wildman–Crippen MR) is 71.3 cm³/mol. The number of nitrogens with zero attached hydrogens (tertiary/aromatic N) is 1. The van der Waals surface area contributed by atoms with Crippen molar-refractivity contribution in [2.24, 2.45) is 0 Å². The first-order valence-corrected chi connectivity index (χ1v) is 6.64. The van der Waals surface area contributed by atoms with Gasteiger partial charge in [-0.1, -0.05) is 36.4 Å². The van der Waals surface area contributed by atoms with Gasteiger partial charge in [-0.25, -0.2) is 0 Å². The highest BCUT2D eigenvalue weighted by Gasteiger charge is 2.21. The molecule has 0 aliphatic heterocycles. The number of ketones is 1. The monoisotopic (exact) mass is 243 g/mol. The van der Waals surface area contributed by atoms with Gasteiger partial charge in [-0.2, -0.15) is 0 Å². The predicted octanol–water partition coefficient (Wildman–Crippen LogP) is 3.37. The van der Waals surface area contributed by atoms with Crippen molar-refractivity contribution in [1.29, 1.82) is 0 Å². The Morgan fingerprint density at radius 3 is 2.41 bits per heavy atom. The van der Waals surface area contributed by atoms with E-state index in [9.17, 15) is 4.79 Å². The lowest BCUT2D eigenvalue weighted by molar-refractivity contribution is 0.0985. The van der Waals surface area contributed by atoms with Crippen LogP contribution in [0.4, 0.5) is 0 Å². The van der Waals surface area contributed by atoms with Crippen LogP contribution in [0.3, 0.4) is 0 Å². The van der Waals surface area contributed by atoms with Crippen LogP contribution in [0, 0.1) is 0 Å². The third-order valence-electron chi connectivity index (χ3n) is 2.49. The Kier molecular flexibility index (Phi) is 3.94. The minimum absolute atomic E-state index is 0.0595. The summed E-state index contributed by atoms with van der Waals surface area (Å²) in [7, 11) is 0. The summed E-state index contributed by atoms with van der Waals surface area (Å²) in [6, 6.07) is 15.2. The highest BCUT2D eigenvalue weighted by molar-refractivity contribution is 7.99. The summed E-state index contributed by atoms with van der Waals surface area (Å²) < 4.78 is 0. The summed E-state index contributed by atoms with van der Waals surface area (Å²) in [5.41, 5.74) is 1.55. The number of hydrogen-bond donors (Lipinski definition) is 0. The first-order valence-electron chi connectivity index (χ1n) is 5.36. The molecule has 17 heavy (non-hydrogen) atoms. The van der Waals surface area contributed by atoms with Gasteiger partial charge in [0.1, 0.15) is 5.69 Å². The Labute approximate surface area is 105 Å². The Morgan fingerprint density at radius 1 is 1.12 bits per heavy atom. The lowest BCUT2D eigenvalue weighted by Crippen LogP contribution is -2.11. The molecule has 1 heterocycles. The van der Waals surface area contributed by atoms with Crippen LogP contribution in [0.1, 0.15) is 21.3 Å². The topological polar surface area (TPSA) is 30.0 Å². The van der Waals surface area contributed by atoms with E-state index in [0.717, 1.165) is 5.56 Å². The molecule has 0 amide bonds. The number of thioether (sulfide) groups is 1. The van der Waals surface area contributed by atoms with Crippen molar-refractivity contribution >= 4 is 17.5 Å². The molecule has 1 aromatic heterocycles. The SMILES string of the molecule is CSC(C(=O)c1ccccn1)c1ccccc1. The molecule has 3 heteroatoms. The first-order chi connectivity index (χ1) is 8.33. The Morgan fingerprint density at radius 2 is 1.82 bits per heavy atom. The first kappa shape index (κ1) is 11.9. The molecule has 86 valence electrons. The molecule has 0 radical (unpaired) electrons. The van der Waals surface area contributed by atoms with Gasteiger partial charge in [-0.15, -0.1) is 11.8 Å². The third kappa shape index (κ3) is 2.74. The van der Waals surface area contributed by atoms with Crippen molar-refractivity contribution in [3.05, 3.63) is 66.0 Å². The fourth-order valence-electron chi connectivity index (χ4n) is 1.67. The van der Waals surface area contributed by atoms with Gasteiger partial charge >= 0.3 is 0 Å². The van der Waals surface area contributed by atoms with Gasteiger partial charge in [-0.3, -0.25) is 9.78 Å². The number of Topliss-reactive ketones (excluding diaryl/α,β-unsaturated/α-hetero) is 1. The number of aromatic nitrogens is 1. The normalized spacial score (nSPS) is 12.1. The largest absolute Gasteiger partial charge is 0.291 e. The molecule has 0 spiro atoms. The molecule has 2 rings (SSSR count). The Hall–Kier alpha value is -1.61. The molecule has 0 fully saturated rings. The van der Waals surface area contributed by atoms with E-state index in [1.165, 1.54) is 11.8 Å². The smallest absolute Gasteiger partial charge is 0.198 e. The average molecular weight is 243 g/mol. The maximum absolute atomic E-state index is 12.3. The summed E-state index contributed by atoms with van der Waals surface area (Å²) in [4.78, 5) is 16.4. The van der Waals surface area contributed by atoms with Crippen molar-refractivity contribution in [1.82, 2.24) is 4.98 Å². The molecule has 1 atom stereocenters. The zero-order valence-corrected chi connectivity index (χ0v) is 10.4. The fourth-order valence-corrected chi connectivity index (χ4v) is 2.43. The van der Waals surface area contributed by atoms with Crippen LogP contribution in [-0.2, 0) is 0 Å². The van der Waals surface area contributed by atoms with Crippen molar-refractivity contribution in [2.45, 2.75) is 5.25 Å². The molecule has 0 aliphatic rings. The number of carbonyl (C=O) groups excluding carboxylic acids is 1. The molecular formula is C14H13NOS. The van der Waals surface area contributed by atoms with Crippen LogP contribution in [0.15, 0.2) is 54.7 Å². The average Bonchev–Trinajstić information content (AvgIpc) is 2.42. The van der Waals surface area contributed by atoms with E-state index in [1.54, 1.807) is 12.3 Å². The molecular weight excluding hydrogens is 230 g/mol. The molecule has 0 aliphatic carbocycles. The van der Waals surface area contributed by atoms with Crippen LogP contribution >= 0.6 is 11.8 Å². The molecule has 0 bridgehead atoms. The molecule has 1 aromatic carbocycles. The van der Waals surface area contributed by atoms with Crippen LogP contribution in [0.5, 0.6) is 0 Å². The Balaban J connectivity index is 2.29. The summed E-state index contributed by atoms with van der Waals surface area (Å²) in [6.45, 7) is 0. The van der Waals surface area contributed by atoms with Gasteiger partial charge in [0.2, 0.25) is 0 Å². The number of rotatable bonds is 4. The van der Waals surface area contributed by atoms with Gasteiger partial charge in [0.05, 0.1) is 5.25 Å². The lowest BCUT2D eigenvalue weighted by atomic mass is 10.1. The van der Waals surface area contributed by atoms with Gasteiger partial charge in [-0.05, 0) is 24.0 Å². The second-order valence-electron chi connectivity index (χ2n) is 3.61. The maximum atomic E-state index is 12.3. The molecule has 0 saturated heterocycles. The van der Waals surface area contributed by atoms with Crippen LogP contribution in [0.25, 0.3) is 0 Å². The standard InChI is InChI=1S/C14H13NOS/c1-17-14(11-7-3-2-4-8-11)13(16)12-9-5-6-10-15-12/h2-10,14H,1H3. The van der Waals surface area contributed by atoms with E-state index in [1.807, 2.05) is 48.7 Å². The minimum atomic E-state index is -0.175. The molecule has 2 nitrogen and oxygen atoms in total. The Bertz CT molecular complexity index is 484. The van der Waals surface area contributed by atoms with Gasteiger partial charge < -0.3 is 0 Å². The highest BCUT2D eigenvalue weighted by Crippen LogP contribution is 2.29.